The Morgan fingerprint density at radius 1 is 0.757 bits per heavy atom. The fraction of sp³-hybridized carbons (Fsp3) is 0.357. The van der Waals surface area contributed by atoms with Crippen LogP contribution >= 0.6 is 0 Å². The van der Waals surface area contributed by atoms with Gasteiger partial charge in [0, 0.05) is 17.7 Å². The molecule has 1 fully saturated rings. The van der Waals surface area contributed by atoms with Crippen LogP contribution in [0.5, 0.6) is 5.75 Å². The first-order chi connectivity index (χ1) is 17.5. The van der Waals surface area contributed by atoms with Crippen molar-refractivity contribution in [3.8, 4) is 16.9 Å². The molecule has 0 N–H and O–H groups in total. The van der Waals surface area contributed by atoms with E-state index in [2.05, 4.69) is 11.7 Å². The quantitative estimate of drug-likeness (QED) is 0.220. The predicted octanol–water partition coefficient (Wildman–Crippen LogP) is 9.08. The lowest BCUT2D eigenvalue weighted by molar-refractivity contribution is -0.187. The van der Waals surface area contributed by atoms with E-state index in [9.17, 15) is 35.1 Å². The van der Waals surface area contributed by atoms with Gasteiger partial charge in [-0.1, -0.05) is 50.8 Å². The van der Waals surface area contributed by atoms with Gasteiger partial charge in [-0.05, 0) is 47.9 Å². The molecule has 198 valence electrons. The summed E-state index contributed by atoms with van der Waals surface area (Å²) in [5.74, 6) is -9.18. The molecule has 3 aromatic rings. The van der Waals surface area contributed by atoms with Crippen LogP contribution in [0, 0.1) is 46.7 Å². The van der Waals surface area contributed by atoms with Crippen molar-refractivity contribution in [2.45, 2.75) is 51.6 Å². The van der Waals surface area contributed by atoms with Gasteiger partial charge in [0.25, 0.3) is 0 Å². The lowest BCUT2D eigenvalue weighted by atomic mass is 9.80. The second-order valence-electron chi connectivity index (χ2n) is 9.58. The minimum absolute atomic E-state index is 0.188. The molecule has 0 unspecified atom stereocenters. The predicted molar refractivity (Wildman–Crippen MR) is 122 cm³/mol. The molecular weight excluding hydrogens is 504 g/mol. The Kier molecular flexibility index (Phi) is 7.80. The molecule has 37 heavy (non-hydrogen) atoms. The summed E-state index contributed by atoms with van der Waals surface area (Å²) in [4.78, 5) is 0. The van der Waals surface area contributed by atoms with E-state index in [-0.39, 0.29) is 28.8 Å². The Hall–Kier alpha value is -3.10. The van der Waals surface area contributed by atoms with Crippen LogP contribution in [0.25, 0.3) is 11.1 Å². The van der Waals surface area contributed by atoms with Crippen LogP contribution in [-0.4, -0.2) is 0 Å². The first kappa shape index (κ1) is 26.9. The molecule has 0 bridgehead atoms. The molecule has 1 aliphatic carbocycles. The average Bonchev–Trinajstić information content (AvgIpc) is 2.84. The number of hydrogen-bond acceptors (Lipinski definition) is 1. The van der Waals surface area contributed by atoms with Crippen LogP contribution in [0.15, 0.2) is 42.5 Å². The molecule has 3 aromatic carbocycles. The standard InChI is InChI=1S/C28H24F8O/c1-15-2-4-16(5-3-15)6-7-17-8-10-20(26(33)25(17)32)18-9-11-21(22(29)12-18)28(35,36)37-19-13-23(30)27(34)24(31)14-19/h8-16H,2-7H2,1H3. The molecule has 0 aromatic heterocycles. The molecule has 0 heterocycles. The molecule has 0 aliphatic heterocycles. The second kappa shape index (κ2) is 10.7. The highest BCUT2D eigenvalue weighted by Gasteiger charge is 2.38. The van der Waals surface area contributed by atoms with E-state index in [0.29, 0.717) is 30.4 Å². The number of alkyl halides is 2. The van der Waals surface area contributed by atoms with E-state index in [1.807, 2.05) is 0 Å². The summed E-state index contributed by atoms with van der Waals surface area (Å²) in [7, 11) is 0. The maximum Gasteiger partial charge on any atom is 0.429 e. The van der Waals surface area contributed by atoms with E-state index in [0.717, 1.165) is 38.2 Å². The van der Waals surface area contributed by atoms with Crippen molar-refractivity contribution in [1.29, 1.82) is 0 Å². The lowest BCUT2D eigenvalue weighted by Crippen LogP contribution is -2.23. The fourth-order valence-electron chi connectivity index (χ4n) is 4.70. The Balaban J connectivity index is 1.52. The normalized spacial score (nSPS) is 18.2. The molecule has 0 amide bonds. The largest absolute Gasteiger partial charge is 0.429 e. The van der Waals surface area contributed by atoms with Crippen molar-refractivity contribution in [3.63, 3.8) is 0 Å². The van der Waals surface area contributed by atoms with Gasteiger partial charge in [0.15, 0.2) is 29.1 Å². The first-order valence-electron chi connectivity index (χ1n) is 11.9. The van der Waals surface area contributed by atoms with Crippen molar-refractivity contribution < 1.29 is 39.9 Å². The molecule has 0 spiro atoms. The first-order valence-corrected chi connectivity index (χ1v) is 11.9. The zero-order chi connectivity index (χ0) is 26.9. The smallest absolute Gasteiger partial charge is 0.429 e. The van der Waals surface area contributed by atoms with Crippen molar-refractivity contribution in [3.05, 3.63) is 88.5 Å². The van der Waals surface area contributed by atoms with Crippen molar-refractivity contribution >= 4 is 0 Å². The van der Waals surface area contributed by atoms with Crippen molar-refractivity contribution in [1.82, 2.24) is 0 Å². The SMILES string of the molecule is CC1CCC(CCc2ccc(-c3ccc(C(F)(F)Oc4cc(F)c(F)c(F)c4)c(F)c3)c(F)c2F)CC1. The number of rotatable bonds is 7. The molecule has 0 radical (unpaired) electrons. The summed E-state index contributed by atoms with van der Waals surface area (Å²) in [5.41, 5.74) is -1.64. The van der Waals surface area contributed by atoms with Crippen LogP contribution in [-0.2, 0) is 12.5 Å². The molecular formula is C28H24F8O. The third-order valence-corrected chi connectivity index (χ3v) is 6.92. The zero-order valence-corrected chi connectivity index (χ0v) is 19.9. The third kappa shape index (κ3) is 5.91. The number of aryl methyl sites for hydroxylation is 1. The van der Waals surface area contributed by atoms with E-state index < -0.39 is 52.3 Å². The van der Waals surface area contributed by atoms with Crippen LogP contribution in [0.4, 0.5) is 35.1 Å². The molecule has 4 rings (SSSR count). The van der Waals surface area contributed by atoms with Crippen LogP contribution in [0.2, 0.25) is 0 Å². The van der Waals surface area contributed by atoms with Gasteiger partial charge in [0.2, 0.25) is 0 Å². The van der Waals surface area contributed by atoms with Gasteiger partial charge in [-0.15, -0.1) is 0 Å². The second-order valence-corrected chi connectivity index (χ2v) is 9.58. The van der Waals surface area contributed by atoms with Gasteiger partial charge in [0.1, 0.15) is 11.6 Å². The lowest BCUT2D eigenvalue weighted by Gasteiger charge is -2.26. The topological polar surface area (TPSA) is 9.23 Å². The average molecular weight is 528 g/mol. The highest BCUT2D eigenvalue weighted by Crippen LogP contribution is 2.37. The molecule has 1 nitrogen and oxygen atoms in total. The van der Waals surface area contributed by atoms with Gasteiger partial charge in [-0.25, -0.2) is 26.3 Å². The highest BCUT2D eigenvalue weighted by atomic mass is 19.3. The molecule has 1 aliphatic rings. The fourth-order valence-corrected chi connectivity index (χ4v) is 4.70. The number of halogens is 8. The van der Waals surface area contributed by atoms with E-state index in [4.69, 9.17) is 0 Å². The Morgan fingerprint density at radius 3 is 2.03 bits per heavy atom. The van der Waals surface area contributed by atoms with Gasteiger partial charge < -0.3 is 4.74 Å². The van der Waals surface area contributed by atoms with Crippen LogP contribution in [0.1, 0.15) is 50.2 Å². The number of hydrogen-bond donors (Lipinski definition) is 0. The summed E-state index contributed by atoms with van der Waals surface area (Å²) in [6, 6.07) is 5.17. The van der Waals surface area contributed by atoms with Gasteiger partial charge in [-0.3, -0.25) is 0 Å². The summed E-state index contributed by atoms with van der Waals surface area (Å²) in [6.45, 7) is 2.20. The van der Waals surface area contributed by atoms with Gasteiger partial charge in [-0.2, -0.15) is 8.78 Å². The monoisotopic (exact) mass is 528 g/mol. The minimum atomic E-state index is -4.41. The maximum atomic E-state index is 14.9. The third-order valence-electron chi connectivity index (χ3n) is 6.92. The molecule has 9 heteroatoms. The number of benzene rings is 3. The van der Waals surface area contributed by atoms with Crippen molar-refractivity contribution in [2.75, 3.05) is 0 Å². The van der Waals surface area contributed by atoms with Crippen molar-refractivity contribution in [2.24, 2.45) is 11.8 Å². The van der Waals surface area contributed by atoms with Gasteiger partial charge >= 0.3 is 6.11 Å². The Morgan fingerprint density at radius 2 is 1.41 bits per heavy atom. The summed E-state index contributed by atoms with van der Waals surface area (Å²) in [6.07, 6.45) is 0.992. The van der Waals surface area contributed by atoms with E-state index >= 15 is 0 Å². The van der Waals surface area contributed by atoms with Crippen LogP contribution in [0.3, 0.4) is 0 Å². The van der Waals surface area contributed by atoms with E-state index in [1.54, 1.807) is 0 Å². The minimum Gasteiger partial charge on any atom is -0.429 e. The molecule has 1 saturated carbocycles. The maximum absolute atomic E-state index is 14.9. The van der Waals surface area contributed by atoms with E-state index in [1.165, 1.54) is 12.1 Å². The van der Waals surface area contributed by atoms with Crippen LogP contribution < -0.4 is 4.74 Å². The summed E-state index contributed by atoms with van der Waals surface area (Å²) < 4.78 is 117. The molecule has 0 atom stereocenters. The van der Waals surface area contributed by atoms with Gasteiger partial charge in [0.05, 0.1) is 5.56 Å². The molecule has 0 saturated heterocycles. The summed E-state index contributed by atoms with van der Waals surface area (Å²) >= 11 is 0. The highest BCUT2D eigenvalue weighted by molar-refractivity contribution is 5.65. The zero-order valence-electron chi connectivity index (χ0n) is 19.9. The summed E-state index contributed by atoms with van der Waals surface area (Å²) in [5, 5.41) is 0. The number of ether oxygens (including phenoxy) is 1. The Labute approximate surface area is 209 Å². The Bertz CT molecular complexity index is 1260.